The van der Waals surface area contributed by atoms with Crippen molar-refractivity contribution in [1.29, 1.82) is 0 Å². The van der Waals surface area contributed by atoms with E-state index in [4.69, 9.17) is 0 Å². The first-order valence-electron chi connectivity index (χ1n) is 6.85. The molecular weight excluding hydrogens is 311 g/mol. The number of halogens is 5. The van der Waals surface area contributed by atoms with Crippen molar-refractivity contribution < 1.29 is 31.5 Å². The molecule has 2 aliphatic carbocycles. The van der Waals surface area contributed by atoms with Crippen molar-refractivity contribution in [3.05, 3.63) is 17.0 Å². The summed E-state index contributed by atoms with van der Waals surface area (Å²) >= 11 is 0. The summed E-state index contributed by atoms with van der Waals surface area (Å²) in [5.74, 6) is -5.69. The number of nitrogens with zero attached hydrogens (tertiary/aromatic N) is 2. The molecule has 0 amide bonds. The molecule has 1 aromatic heterocycles. The van der Waals surface area contributed by atoms with Gasteiger partial charge < -0.3 is 4.74 Å². The van der Waals surface area contributed by atoms with E-state index in [-0.39, 0.29) is 30.7 Å². The third-order valence-corrected chi connectivity index (χ3v) is 4.22. The van der Waals surface area contributed by atoms with Gasteiger partial charge in [-0.25, -0.2) is 8.78 Å². The fraction of sp³-hybridized carbons (Fsp3) is 0.692. The van der Waals surface area contributed by atoms with Crippen molar-refractivity contribution in [3.63, 3.8) is 0 Å². The molecule has 0 radical (unpaired) electrons. The average Bonchev–Trinajstić information content (AvgIpc) is 2.77. The van der Waals surface area contributed by atoms with Gasteiger partial charge in [-0.1, -0.05) is 0 Å². The molecule has 0 spiro atoms. The van der Waals surface area contributed by atoms with Gasteiger partial charge in [0, 0.05) is 23.1 Å². The molecule has 9 heteroatoms. The van der Waals surface area contributed by atoms with E-state index < -0.39 is 42.1 Å². The van der Waals surface area contributed by atoms with Crippen LogP contribution >= 0.6 is 0 Å². The molecule has 122 valence electrons. The molecule has 0 saturated heterocycles. The molecule has 1 heterocycles. The topological polar surface area (TPSA) is 44.1 Å². The number of hydrogen-bond donors (Lipinski definition) is 0. The first-order valence-corrected chi connectivity index (χ1v) is 6.85. The largest absolute Gasteiger partial charge is 0.465 e. The number of fused-ring (bicyclic) bond motifs is 2. The third kappa shape index (κ3) is 2.26. The van der Waals surface area contributed by atoms with E-state index in [1.807, 2.05) is 0 Å². The zero-order valence-corrected chi connectivity index (χ0v) is 11.6. The van der Waals surface area contributed by atoms with Crippen molar-refractivity contribution in [1.82, 2.24) is 9.78 Å². The second kappa shape index (κ2) is 4.66. The van der Waals surface area contributed by atoms with Crippen LogP contribution in [-0.4, -0.2) is 28.3 Å². The summed E-state index contributed by atoms with van der Waals surface area (Å²) in [6.07, 6.45) is -5.29. The van der Waals surface area contributed by atoms with Gasteiger partial charge in [0.25, 0.3) is 5.92 Å². The summed E-state index contributed by atoms with van der Waals surface area (Å²) in [5, 5.41) is 3.43. The van der Waals surface area contributed by atoms with E-state index in [1.165, 1.54) is 0 Å². The van der Waals surface area contributed by atoms with E-state index in [9.17, 15) is 26.7 Å². The predicted molar refractivity (Wildman–Crippen MR) is 63.2 cm³/mol. The van der Waals surface area contributed by atoms with Crippen LogP contribution in [0.3, 0.4) is 0 Å². The summed E-state index contributed by atoms with van der Waals surface area (Å²) < 4.78 is 71.6. The maximum atomic E-state index is 13.5. The Labute approximate surface area is 122 Å². The first-order chi connectivity index (χ1) is 10.2. The molecule has 2 atom stereocenters. The molecule has 1 fully saturated rings. The standard InChI is InChI=1S/C13H13F5N2O2/c1-2-22-10(21)5-20-9-4-8-7(12(8,14)15)3-6(9)11(19-20)13(16,17)18/h7-8H,2-5H2,1H3. The van der Waals surface area contributed by atoms with Gasteiger partial charge in [0.2, 0.25) is 0 Å². The summed E-state index contributed by atoms with van der Waals surface area (Å²) in [6.45, 7) is 1.14. The molecule has 1 aromatic rings. The van der Waals surface area contributed by atoms with E-state index in [2.05, 4.69) is 9.84 Å². The second-order valence-electron chi connectivity index (χ2n) is 5.53. The van der Waals surface area contributed by atoms with Crippen LogP contribution in [0.2, 0.25) is 0 Å². The molecule has 3 rings (SSSR count). The number of esters is 1. The summed E-state index contributed by atoms with van der Waals surface area (Å²) in [6, 6.07) is 0. The Morgan fingerprint density at radius 2 is 2.00 bits per heavy atom. The van der Waals surface area contributed by atoms with Crippen LogP contribution < -0.4 is 0 Å². The number of rotatable bonds is 3. The molecule has 2 aliphatic rings. The van der Waals surface area contributed by atoms with Crippen LogP contribution in [0.4, 0.5) is 22.0 Å². The normalized spacial score (nSPS) is 25.4. The van der Waals surface area contributed by atoms with Crippen LogP contribution in [0, 0.1) is 11.8 Å². The SMILES string of the molecule is CCOC(=O)Cn1nc(C(F)(F)F)c2c1CC1C(C2)C1(F)F. The van der Waals surface area contributed by atoms with Crippen LogP contribution in [0.1, 0.15) is 23.9 Å². The molecule has 0 aromatic carbocycles. The molecule has 4 nitrogen and oxygen atoms in total. The maximum absolute atomic E-state index is 13.5. The lowest BCUT2D eigenvalue weighted by atomic mass is 9.95. The minimum Gasteiger partial charge on any atom is -0.465 e. The average molecular weight is 324 g/mol. The first kappa shape index (κ1) is 15.2. The fourth-order valence-electron chi connectivity index (χ4n) is 3.11. The number of carbonyl (C=O) groups excluding carboxylic acids is 1. The van der Waals surface area contributed by atoms with Crippen LogP contribution in [-0.2, 0) is 35.1 Å². The van der Waals surface area contributed by atoms with Gasteiger partial charge in [-0.15, -0.1) is 0 Å². The molecule has 0 bridgehead atoms. The molecule has 0 aliphatic heterocycles. The number of alkyl halides is 5. The number of aromatic nitrogens is 2. The highest BCUT2D eigenvalue weighted by molar-refractivity contribution is 5.69. The Balaban J connectivity index is 1.96. The summed E-state index contributed by atoms with van der Waals surface area (Å²) in [5.41, 5.74) is -1.32. The van der Waals surface area contributed by atoms with Gasteiger partial charge in [0.05, 0.1) is 6.61 Å². The van der Waals surface area contributed by atoms with E-state index in [0.29, 0.717) is 0 Å². The smallest absolute Gasteiger partial charge is 0.435 e. The summed E-state index contributed by atoms with van der Waals surface area (Å²) in [4.78, 5) is 11.5. The van der Waals surface area contributed by atoms with Gasteiger partial charge in [-0.3, -0.25) is 9.48 Å². The van der Waals surface area contributed by atoms with Gasteiger partial charge in [-0.2, -0.15) is 18.3 Å². The lowest BCUT2D eigenvalue weighted by Gasteiger charge is -2.12. The minimum absolute atomic E-state index is 0.0683. The maximum Gasteiger partial charge on any atom is 0.435 e. The van der Waals surface area contributed by atoms with Crippen molar-refractivity contribution in [3.8, 4) is 0 Å². The van der Waals surface area contributed by atoms with E-state index >= 15 is 0 Å². The molecule has 0 N–H and O–H groups in total. The Hall–Kier alpha value is -1.67. The number of hydrogen-bond acceptors (Lipinski definition) is 3. The van der Waals surface area contributed by atoms with Crippen LogP contribution in [0.25, 0.3) is 0 Å². The zero-order chi connectivity index (χ0) is 16.3. The van der Waals surface area contributed by atoms with Gasteiger partial charge >= 0.3 is 12.1 Å². The highest BCUT2D eigenvalue weighted by Gasteiger charge is 2.69. The fourth-order valence-corrected chi connectivity index (χ4v) is 3.11. The van der Waals surface area contributed by atoms with E-state index in [1.54, 1.807) is 6.92 Å². The second-order valence-corrected chi connectivity index (χ2v) is 5.53. The molecular formula is C13H13F5N2O2. The van der Waals surface area contributed by atoms with Crippen LogP contribution in [0.5, 0.6) is 0 Å². The van der Waals surface area contributed by atoms with Crippen molar-refractivity contribution >= 4 is 5.97 Å². The van der Waals surface area contributed by atoms with Gasteiger partial charge in [-0.05, 0) is 19.8 Å². The minimum atomic E-state index is -4.74. The van der Waals surface area contributed by atoms with Crippen molar-refractivity contribution in [2.75, 3.05) is 6.61 Å². The third-order valence-electron chi connectivity index (χ3n) is 4.22. The van der Waals surface area contributed by atoms with E-state index in [0.717, 1.165) is 4.68 Å². The molecule has 22 heavy (non-hydrogen) atoms. The Bertz CT molecular complexity index is 623. The summed E-state index contributed by atoms with van der Waals surface area (Å²) in [7, 11) is 0. The zero-order valence-electron chi connectivity index (χ0n) is 11.6. The highest BCUT2D eigenvalue weighted by Crippen LogP contribution is 2.61. The van der Waals surface area contributed by atoms with Gasteiger partial charge in [0.1, 0.15) is 6.54 Å². The quantitative estimate of drug-likeness (QED) is 0.634. The highest BCUT2D eigenvalue weighted by atomic mass is 19.4. The lowest BCUT2D eigenvalue weighted by molar-refractivity contribution is -0.146. The molecule has 2 unspecified atom stereocenters. The molecule has 1 saturated carbocycles. The van der Waals surface area contributed by atoms with Crippen LogP contribution in [0.15, 0.2) is 0 Å². The van der Waals surface area contributed by atoms with Crippen molar-refractivity contribution in [2.24, 2.45) is 11.8 Å². The predicted octanol–water partition coefficient (Wildman–Crippen LogP) is 2.44. The Morgan fingerprint density at radius 1 is 1.36 bits per heavy atom. The monoisotopic (exact) mass is 324 g/mol. The van der Waals surface area contributed by atoms with Crippen molar-refractivity contribution in [2.45, 2.75) is 38.4 Å². The number of ether oxygens (including phenoxy) is 1. The van der Waals surface area contributed by atoms with Gasteiger partial charge in [0.15, 0.2) is 5.69 Å². The lowest BCUT2D eigenvalue weighted by Crippen LogP contribution is -2.18. The number of carbonyl (C=O) groups is 1. The Kier molecular flexibility index (Phi) is 3.23. The Morgan fingerprint density at radius 3 is 2.59 bits per heavy atom.